The van der Waals surface area contributed by atoms with E-state index in [1.54, 1.807) is 6.20 Å². The van der Waals surface area contributed by atoms with Crippen LogP contribution >= 0.6 is 11.6 Å². The van der Waals surface area contributed by atoms with Crippen molar-refractivity contribution in [3.63, 3.8) is 0 Å². The molecule has 0 unspecified atom stereocenters. The second-order valence-electron chi connectivity index (χ2n) is 3.22. The van der Waals surface area contributed by atoms with Gasteiger partial charge in [0.2, 0.25) is 0 Å². The average molecular weight is 220 g/mol. The fourth-order valence-electron chi connectivity index (χ4n) is 1.27. The number of halogens is 1. The largest absolute Gasteiger partial charge is 0.339 e. The van der Waals surface area contributed by atoms with Crippen LogP contribution in [0.5, 0.6) is 0 Å². The van der Waals surface area contributed by atoms with Gasteiger partial charge in [-0.1, -0.05) is 23.7 Å². The van der Waals surface area contributed by atoms with Crippen molar-refractivity contribution in [3.05, 3.63) is 47.4 Å². The van der Waals surface area contributed by atoms with Gasteiger partial charge in [-0.05, 0) is 24.6 Å². The molecule has 0 saturated heterocycles. The summed E-state index contributed by atoms with van der Waals surface area (Å²) in [6.07, 6.45) is 3.14. The molecule has 76 valence electrons. The van der Waals surface area contributed by atoms with E-state index in [4.69, 9.17) is 11.6 Å². The number of hydrogen-bond acceptors (Lipinski definition) is 3. The summed E-state index contributed by atoms with van der Waals surface area (Å²) < 4.78 is 0. The molecule has 15 heavy (non-hydrogen) atoms. The molecule has 1 heterocycles. The number of benzene rings is 1. The number of nitrogens with one attached hydrogen (secondary N) is 1. The van der Waals surface area contributed by atoms with Gasteiger partial charge in [-0.3, -0.25) is 4.98 Å². The molecular weight excluding hydrogens is 210 g/mol. The van der Waals surface area contributed by atoms with Gasteiger partial charge in [0.05, 0.1) is 12.4 Å². The van der Waals surface area contributed by atoms with E-state index in [1.807, 2.05) is 31.2 Å². The standard InChI is InChI=1S/C11H10ClN3/c1-8-3-2-4-9(5-8)14-11-7-13-6-10(12)15-11/h2-7H,1H3,(H,14,15). The monoisotopic (exact) mass is 219 g/mol. The van der Waals surface area contributed by atoms with Crippen LogP contribution in [0.4, 0.5) is 11.5 Å². The van der Waals surface area contributed by atoms with Gasteiger partial charge in [0.1, 0.15) is 5.15 Å². The van der Waals surface area contributed by atoms with Crippen molar-refractivity contribution in [1.82, 2.24) is 9.97 Å². The van der Waals surface area contributed by atoms with Crippen LogP contribution in [0.1, 0.15) is 5.56 Å². The highest BCUT2D eigenvalue weighted by Gasteiger charge is 1.97. The van der Waals surface area contributed by atoms with E-state index < -0.39 is 0 Å². The Bertz CT molecular complexity index is 427. The molecule has 1 aromatic carbocycles. The van der Waals surface area contributed by atoms with Gasteiger partial charge >= 0.3 is 0 Å². The molecular formula is C11H10ClN3. The zero-order valence-corrected chi connectivity index (χ0v) is 8.99. The maximum atomic E-state index is 5.73. The number of rotatable bonds is 2. The number of anilines is 2. The first kappa shape index (κ1) is 9.93. The van der Waals surface area contributed by atoms with Crippen LogP contribution in [0.15, 0.2) is 36.7 Å². The zero-order valence-electron chi connectivity index (χ0n) is 8.24. The minimum absolute atomic E-state index is 0.382. The van der Waals surface area contributed by atoms with Crippen LogP contribution < -0.4 is 5.32 Å². The van der Waals surface area contributed by atoms with Crippen molar-refractivity contribution < 1.29 is 0 Å². The molecule has 0 aliphatic carbocycles. The first-order chi connectivity index (χ1) is 7.24. The van der Waals surface area contributed by atoms with Crippen molar-refractivity contribution in [3.8, 4) is 0 Å². The Balaban J connectivity index is 2.22. The SMILES string of the molecule is Cc1cccc(Nc2cncc(Cl)n2)c1. The predicted molar refractivity (Wildman–Crippen MR) is 61.5 cm³/mol. The summed E-state index contributed by atoms with van der Waals surface area (Å²) in [7, 11) is 0. The molecule has 0 radical (unpaired) electrons. The van der Waals surface area contributed by atoms with Crippen molar-refractivity contribution in [2.24, 2.45) is 0 Å². The van der Waals surface area contributed by atoms with Crippen LogP contribution in [0.3, 0.4) is 0 Å². The molecule has 1 N–H and O–H groups in total. The lowest BCUT2D eigenvalue weighted by Crippen LogP contribution is -1.94. The fraction of sp³-hybridized carbons (Fsp3) is 0.0909. The maximum absolute atomic E-state index is 5.73. The summed E-state index contributed by atoms with van der Waals surface area (Å²) >= 11 is 5.73. The average Bonchev–Trinajstić information content (AvgIpc) is 2.17. The zero-order chi connectivity index (χ0) is 10.7. The predicted octanol–water partition coefficient (Wildman–Crippen LogP) is 3.18. The van der Waals surface area contributed by atoms with Crippen LogP contribution in [0, 0.1) is 6.92 Å². The number of hydrogen-bond donors (Lipinski definition) is 1. The van der Waals surface area contributed by atoms with Crippen molar-refractivity contribution in [2.45, 2.75) is 6.92 Å². The smallest absolute Gasteiger partial charge is 0.150 e. The third kappa shape index (κ3) is 2.67. The Hall–Kier alpha value is -1.61. The second kappa shape index (κ2) is 4.28. The van der Waals surface area contributed by atoms with E-state index in [9.17, 15) is 0 Å². The van der Waals surface area contributed by atoms with Crippen molar-refractivity contribution in [2.75, 3.05) is 5.32 Å². The third-order valence-electron chi connectivity index (χ3n) is 1.90. The Labute approximate surface area is 93.1 Å². The van der Waals surface area contributed by atoms with E-state index in [0.29, 0.717) is 11.0 Å². The molecule has 0 atom stereocenters. The molecule has 4 heteroatoms. The molecule has 2 aromatic rings. The van der Waals surface area contributed by atoms with Gasteiger partial charge in [-0.25, -0.2) is 4.98 Å². The van der Waals surface area contributed by atoms with Crippen LogP contribution in [0.2, 0.25) is 5.15 Å². The number of aromatic nitrogens is 2. The molecule has 0 saturated carbocycles. The number of nitrogens with zero attached hydrogens (tertiary/aromatic N) is 2. The lowest BCUT2D eigenvalue weighted by Gasteiger charge is -2.05. The molecule has 0 amide bonds. The minimum atomic E-state index is 0.382. The summed E-state index contributed by atoms with van der Waals surface area (Å²) in [5.74, 6) is 0.646. The van der Waals surface area contributed by atoms with Crippen LogP contribution in [-0.2, 0) is 0 Å². The van der Waals surface area contributed by atoms with Crippen molar-refractivity contribution in [1.29, 1.82) is 0 Å². The summed E-state index contributed by atoms with van der Waals surface area (Å²) in [6.45, 7) is 2.04. The minimum Gasteiger partial charge on any atom is -0.339 e. The van der Waals surface area contributed by atoms with Gasteiger partial charge in [-0.15, -0.1) is 0 Å². The molecule has 0 aliphatic heterocycles. The van der Waals surface area contributed by atoms with E-state index >= 15 is 0 Å². The van der Waals surface area contributed by atoms with Gasteiger partial charge in [0.15, 0.2) is 5.82 Å². The van der Waals surface area contributed by atoms with Gasteiger partial charge in [-0.2, -0.15) is 0 Å². The van der Waals surface area contributed by atoms with E-state index in [1.165, 1.54) is 11.8 Å². The lowest BCUT2D eigenvalue weighted by molar-refractivity contribution is 1.20. The maximum Gasteiger partial charge on any atom is 0.150 e. The highest BCUT2D eigenvalue weighted by atomic mass is 35.5. The first-order valence-electron chi connectivity index (χ1n) is 4.55. The topological polar surface area (TPSA) is 37.8 Å². The summed E-state index contributed by atoms with van der Waals surface area (Å²) in [6, 6.07) is 8.02. The molecule has 1 aromatic heterocycles. The van der Waals surface area contributed by atoms with Crippen molar-refractivity contribution >= 4 is 23.1 Å². The van der Waals surface area contributed by atoms with E-state index in [-0.39, 0.29) is 0 Å². The Kier molecular flexibility index (Phi) is 2.83. The Morgan fingerprint density at radius 3 is 2.87 bits per heavy atom. The fourth-order valence-corrected chi connectivity index (χ4v) is 1.42. The molecule has 0 spiro atoms. The summed E-state index contributed by atoms with van der Waals surface area (Å²) in [4.78, 5) is 8.04. The van der Waals surface area contributed by atoms with Crippen LogP contribution in [0.25, 0.3) is 0 Å². The Morgan fingerprint density at radius 1 is 1.27 bits per heavy atom. The molecule has 0 aliphatic rings. The molecule has 3 nitrogen and oxygen atoms in total. The second-order valence-corrected chi connectivity index (χ2v) is 3.61. The van der Waals surface area contributed by atoms with Gasteiger partial charge in [0, 0.05) is 5.69 Å². The quantitative estimate of drug-likeness (QED) is 0.843. The van der Waals surface area contributed by atoms with E-state index in [0.717, 1.165) is 5.69 Å². The first-order valence-corrected chi connectivity index (χ1v) is 4.93. The highest BCUT2D eigenvalue weighted by molar-refractivity contribution is 6.29. The normalized spacial score (nSPS) is 10.0. The number of aryl methyl sites for hydroxylation is 1. The van der Waals surface area contributed by atoms with Gasteiger partial charge in [0.25, 0.3) is 0 Å². The molecule has 0 bridgehead atoms. The summed E-state index contributed by atoms with van der Waals surface area (Å²) in [5.41, 5.74) is 2.17. The Morgan fingerprint density at radius 2 is 2.13 bits per heavy atom. The third-order valence-corrected chi connectivity index (χ3v) is 2.08. The van der Waals surface area contributed by atoms with E-state index in [2.05, 4.69) is 15.3 Å². The molecule has 0 fully saturated rings. The lowest BCUT2D eigenvalue weighted by atomic mass is 10.2. The van der Waals surface area contributed by atoms with Crippen LogP contribution in [-0.4, -0.2) is 9.97 Å². The summed E-state index contributed by atoms with van der Waals surface area (Å²) in [5, 5.41) is 3.51. The highest BCUT2D eigenvalue weighted by Crippen LogP contribution is 2.16. The molecule has 2 rings (SSSR count). The van der Waals surface area contributed by atoms with Gasteiger partial charge < -0.3 is 5.32 Å².